The van der Waals surface area contributed by atoms with Crippen LogP contribution < -0.4 is 5.32 Å². The van der Waals surface area contributed by atoms with Crippen molar-refractivity contribution in [3.63, 3.8) is 0 Å². The van der Waals surface area contributed by atoms with E-state index in [4.69, 9.17) is 11.6 Å². The summed E-state index contributed by atoms with van der Waals surface area (Å²) in [5.41, 5.74) is 0.102. The Hall–Kier alpha value is -1.60. The Morgan fingerprint density at radius 3 is 2.90 bits per heavy atom. The Morgan fingerprint density at radius 2 is 2.30 bits per heavy atom. The Kier molecular flexibility index (Phi) is 4.61. The molecule has 1 aromatic heterocycles. The first-order valence-corrected chi connectivity index (χ1v) is 6.99. The lowest BCUT2D eigenvalue weighted by molar-refractivity contribution is -0.115. The average Bonchev–Trinajstić information content (AvgIpc) is 2.78. The number of carbonyl (C=O) groups excluding carboxylic acids is 1. The smallest absolute Gasteiger partial charge is 0.237 e. The molecule has 2 aromatic rings. The number of aromatic nitrogens is 3. The van der Waals surface area contributed by atoms with Gasteiger partial charge in [-0.1, -0.05) is 23.4 Å². The number of hydrogen-bond acceptors (Lipinski definition) is 4. The van der Waals surface area contributed by atoms with Crippen LogP contribution in [0.1, 0.15) is 6.92 Å². The second kappa shape index (κ2) is 6.23. The van der Waals surface area contributed by atoms with Crippen LogP contribution in [0.5, 0.6) is 0 Å². The zero-order chi connectivity index (χ0) is 14.7. The lowest BCUT2D eigenvalue weighted by atomic mass is 10.3. The van der Waals surface area contributed by atoms with E-state index in [1.165, 1.54) is 23.9 Å². The summed E-state index contributed by atoms with van der Waals surface area (Å²) in [6.45, 7) is 1.71. The largest absolute Gasteiger partial charge is 0.323 e. The summed E-state index contributed by atoms with van der Waals surface area (Å²) in [6, 6.07) is 4.09. The maximum atomic E-state index is 13.6. The van der Waals surface area contributed by atoms with Crippen LogP contribution in [0, 0.1) is 5.82 Å². The maximum Gasteiger partial charge on any atom is 0.237 e. The van der Waals surface area contributed by atoms with Crippen LogP contribution in [-0.4, -0.2) is 25.9 Å². The highest BCUT2D eigenvalue weighted by molar-refractivity contribution is 8.00. The summed E-state index contributed by atoms with van der Waals surface area (Å²) in [6.07, 6.45) is 1.55. The first kappa shape index (κ1) is 14.8. The highest BCUT2D eigenvalue weighted by Gasteiger charge is 2.18. The fraction of sp³-hybridized carbons (Fsp3) is 0.250. The number of rotatable bonds is 4. The van der Waals surface area contributed by atoms with Crippen molar-refractivity contribution >= 4 is 35.0 Å². The normalized spacial score (nSPS) is 12.2. The lowest BCUT2D eigenvalue weighted by Crippen LogP contribution is -2.23. The van der Waals surface area contributed by atoms with Crippen molar-refractivity contribution in [2.24, 2.45) is 7.05 Å². The summed E-state index contributed by atoms with van der Waals surface area (Å²) < 4.78 is 15.3. The minimum absolute atomic E-state index is 0.102. The molecule has 20 heavy (non-hydrogen) atoms. The lowest BCUT2D eigenvalue weighted by Gasteiger charge is -2.11. The molecule has 0 radical (unpaired) electrons. The van der Waals surface area contributed by atoms with E-state index in [1.807, 2.05) is 0 Å². The predicted molar refractivity (Wildman–Crippen MR) is 76.4 cm³/mol. The Morgan fingerprint density at radius 1 is 1.55 bits per heavy atom. The van der Waals surface area contributed by atoms with Crippen molar-refractivity contribution in [3.8, 4) is 0 Å². The number of nitrogens with zero attached hydrogens (tertiary/aromatic N) is 3. The molecule has 0 aliphatic heterocycles. The first-order valence-electron chi connectivity index (χ1n) is 5.74. The fourth-order valence-corrected chi connectivity index (χ4v) is 2.36. The number of hydrogen-bond donors (Lipinski definition) is 1. The number of aryl methyl sites for hydroxylation is 1. The van der Waals surface area contributed by atoms with E-state index < -0.39 is 11.1 Å². The van der Waals surface area contributed by atoms with Gasteiger partial charge >= 0.3 is 0 Å². The molecule has 8 heteroatoms. The standard InChI is InChI=1S/C12H12ClFN4OS/c1-7(20-12-17-15-6-18(12)2)11(19)16-10-4-3-8(13)5-9(10)14/h3-7H,1-2H3,(H,16,19). The number of carbonyl (C=O) groups is 1. The van der Waals surface area contributed by atoms with Crippen molar-refractivity contribution in [2.45, 2.75) is 17.3 Å². The van der Waals surface area contributed by atoms with E-state index in [2.05, 4.69) is 15.5 Å². The molecule has 0 aliphatic carbocycles. The summed E-state index contributed by atoms with van der Waals surface area (Å²) in [5.74, 6) is -0.888. The Balaban J connectivity index is 2.02. The second-order valence-corrected chi connectivity index (χ2v) is 5.84. The molecule has 5 nitrogen and oxygen atoms in total. The van der Waals surface area contributed by atoms with Crippen LogP contribution in [0.15, 0.2) is 29.7 Å². The molecule has 1 unspecified atom stereocenters. The molecule has 0 spiro atoms. The summed E-state index contributed by atoms with van der Waals surface area (Å²) in [4.78, 5) is 12.0. The molecule has 1 heterocycles. The summed E-state index contributed by atoms with van der Waals surface area (Å²) in [7, 11) is 1.78. The number of nitrogens with one attached hydrogen (secondary N) is 1. The number of anilines is 1. The van der Waals surface area contributed by atoms with Gasteiger partial charge in [-0.2, -0.15) is 0 Å². The van der Waals surface area contributed by atoms with E-state index in [0.29, 0.717) is 5.16 Å². The number of thioether (sulfide) groups is 1. The zero-order valence-corrected chi connectivity index (χ0v) is 12.4. The molecule has 0 fully saturated rings. The van der Waals surface area contributed by atoms with Crippen molar-refractivity contribution < 1.29 is 9.18 Å². The first-order chi connectivity index (χ1) is 9.47. The van der Waals surface area contributed by atoms with Crippen molar-refractivity contribution in [1.82, 2.24) is 14.8 Å². The molecule has 1 aromatic carbocycles. The van der Waals surface area contributed by atoms with E-state index in [0.717, 1.165) is 6.07 Å². The molecular formula is C12H12ClFN4OS. The zero-order valence-electron chi connectivity index (χ0n) is 10.8. The third-order valence-corrected chi connectivity index (χ3v) is 3.89. The molecule has 0 saturated carbocycles. The van der Waals surface area contributed by atoms with Gasteiger partial charge in [0.25, 0.3) is 0 Å². The summed E-state index contributed by atoms with van der Waals surface area (Å²) in [5, 5.41) is 10.6. The monoisotopic (exact) mass is 314 g/mol. The SMILES string of the molecule is CC(Sc1nncn1C)C(=O)Nc1ccc(Cl)cc1F. The number of halogens is 2. The highest BCUT2D eigenvalue weighted by Crippen LogP contribution is 2.23. The molecule has 2 rings (SSSR count). The quantitative estimate of drug-likeness (QED) is 0.882. The van der Waals surface area contributed by atoms with Crippen LogP contribution in [0.3, 0.4) is 0 Å². The van der Waals surface area contributed by atoms with E-state index in [9.17, 15) is 9.18 Å². The molecule has 0 bridgehead atoms. The molecule has 1 atom stereocenters. The van der Waals surface area contributed by atoms with Gasteiger partial charge in [-0.05, 0) is 25.1 Å². The Labute approximate surface area is 124 Å². The van der Waals surface area contributed by atoms with Gasteiger partial charge in [-0.25, -0.2) is 4.39 Å². The van der Waals surface area contributed by atoms with Crippen molar-refractivity contribution in [1.29, 1.82) is 0 Å². The van der Waals surface area contributed by atoms with Crippen molar-refractivity contribution in [3.05, 3.63) is 35.4 Å². The third-order valence-electron chi connectivity index (χ3n) is 2.51. The molecule has 106 valence electrons. The van der Waals surface area contributed by atoms with Crippen LogP contribution in [-0.2, 0) is 11.8 Å². The molecule has 0 aliphatic rings. The fourth-order valence-electron chi connectivity index (χ4n) is 1.42. The van der Waals surface area contributed by atoms with E-state index >= 15 is 0 Å². The van der Waals surface area contributed by atoms with E-state index in [1.54, 1.807) is 24.9 Å². The van der Waals surface area contributed by atoms with Crippen LogP contribution in [0.2, 0.25) is 5.02 Å². The van der Waals surface area contributed by atoms with Gasteiger partial charge in [-0.15, -0.1) is 10.2 Å². The molecule has 1 amide bonds. The minimum atomic E-state index is -0.568. The molecular weight excluding hydrogens is 303 g/mol. The van der Waals surface area contributed by atoms with Gasteiger partial charge in [0, 0.05) is 12.1 Å². The average molecular weight is 315 g/mol. The minimum Gasteiger partial charge on any atom is -0.323 e. The maximum absolute atomic E-state index is 13.6. The van der Waals surface area contributed by atoms with Gasteiger partial charge in [-0.3, -0.25) is 4.79 Å². The van der Waals surface area contributed by atoms with Gasteiger partial charge in [0.2, 0.25) is 5.91 Å². The van der Waals surface area contributed by atoms with Crippen LogP contribution in [0.25, 0.3) is 0 Å². The number of benzene rings is 1. The van der Waals surface area contributed by atoms with Gasteiger partial charge in [0.15, 0.2) is 5.16 Å². The Bertz CT molecular complexity index is 634. The molecule has 1 N–H and O–H groups in total. The van der Waals surface area contributed by atoms with Crippen LogP contribution >= 0.6 is 23.4 Å². The highest BCUT2D eigenvalue weighted by atomic mass is 35.5. The molecule has 0 saturated heterocycles. The van der Waals surface area contributed by atoms with E-state index in [-0.39, 0.29) is 16.6 Å². The number of amides is 1. The predicted octanol–water partition coefficient (Wildman–Crippen LogP) is 2.73. The van der Waals surface area contributed by atoms with Gasteiger partial charge < -0.3 is 9.88 Å². The van der Waals surface area contributed by atoms with Crippen molar-refractivity contribution in [2.75, 3.05) is 5.32 Å². The summed E-state index contributed by atoms with van der Waals surface area (Å²) >= 11 is 6.90. The van der Waals surface area contributed by atoms with Gasteiger partial charge in [0.1, 0.15) is 12.1 Å². The second-order valence-electron chi connectivity index (χ2n) is 4.10. The van der Waals surface area contributed by atoms with Gasteiger partial charge in [0.05, 0.1) is 10.9 Å². The third kappa shape index (κ3) is 3.49. The topological polar surface area (TPSA) is 59.8 Å². The van der Waals surface area contributed by atoms with Crippen LogP contribution in [0.4, 0.5) is 10.1 Å².